The summed E-state index contributed by atoms with van der Waals surface area (Å²) in [5.74, 6) is 0.889. The van der Waals surface area contributed by atoms with Crippen molar-refractivity contribution < 1.29 is 9.53 Å². The largest absolute Gasteiger partial charge is 0.379 e. The van der Waals surface area contributed by atoms with Gasteiger partial charge in [0.05, 0.1) is 12.6 Å². The molecule has 0 spiro atoms. The number of hydrogen-bond donors (Lipinski definition) is 2. The topological polar surface area (TPSA) is 50.4 Å². The van der Waals surface area contributed by atoms with Crippen LogP contribution in [-0.2, 0) is 9.53 Å². The number of carbonyl (C=O) groups is 1. The first-order valence-corrected chi connectivity index (χ1v) is 6.42. The van der Waals surface area contributed by atoms with Crippen LogP contribution in [0.15, 0.2) is 0 Å². The molecule has 16 heavy (non-hydrogen) atoms. The molecule has 2 N–H and O–H groups in total. The number of ether oxygens (including phenoxy) is 1. The number of nitrogens with one attached hydrogen (secondary N) is 2. The van der Waals surface area contributed by atoms with E-state index in [9.17, 15) is 4.79 Å². The first-order valence-electron chi connectivity index (χ1n) is 6.42. The van der Waals surface area contributed by atoms with Gasteiger partial charge in [0.15, 0.2) is 0 Å². The highest BCUT2D eigenvalue weighted by Crippen LogP contribution is 2.15. The lowest BCUT2D eigenvalue weighted by atomic mass is 9.94. The molecule has 92 valence electrons. The Balaban J connectivity index is 1.59. The van der Waals surface area contributed by atoms with Crippen LogP contribution in [0.25, 0.3) is 0 Å². The fourth-order valence-electron chi connectivity index (χ4n) is 2.45. The zero-order chi connectivity index (χ0) is 11.2. The summed E-state index contributed by atoms with van der Waals surface area (Å²) in [6, 6.07) is 0.261. The normalized spacial score (nSPS) is 30.2. The van der Waals surface area contributed by atoms with Crippen molar-refractivity contribution >= 4 is 5.91 Å². The molecule has 0 saturated carbocycles. The summed E-state index contributed by atoms with van der Waals surface area (Å²) in [7, 11) is 0. The third kappa shape index (κ3) is 3.76. The van der Waals surface area contributed by atoms with Crippen molar-refractivity contribution in [2.24, 2.45) is 5.92 Å². The molecule has 4 nitrogen and oxygen atoms in total. The number of piperidine rings is 1. The van der Waals surface area contributed by atoms with Gasteiger partial charge in [-0.15, -0.1) is 0 Å². The van der Waals surface area contributed by atoms with E-state index >= 15 is 0 Å². The van der Waals surface area contributed by atoms with E-state index in [1.807, 2.05) is 0 Å². The highest BCUT2D eigenvalue weighted by Gasteiger charge is 2.19. The average Bonchev–Trinajstić information content (AvgIpc) is 2.81. The van der Waals surface area contributed by atoms with Crippen LogP contribution in [0.1, 0.15) is 32.1 Å². The standard InChI is InChI=1S/C12H22N2O2/c15-12(14-11-5-7-16-9-11)4-3-10-2-1-6-13-8-10/h10-11,13H,1-9H2,(H,14,15). The Hall–Kier alpha value is -0.610. The Bertz CT molecular complexity index is 221. The zero-order valence-electron chi connectivity index (χ0n) is 9.84. The lowest BCUT2D eigenvalue weighted by molar-refractivity contribution is -0.122. The molecule has 2 atom stereocenters. The van der Waals surface area contributed by atoms with Crippen molar-refractivity contribution in [2.75, 3.05) is 26.3 Å². The molecule has 0 aromatic rings. The van der Waals surface area contributed by atoms with Crippen LogP contribution in [0.3, 0.4) is 0 Å². The molecular formula is C12H22N2O2. The van der Waals surface area contributed by atoms with Crippen molar-refractivity contribution in [1.29, 1.82) is 0 Å². The summed E-state index contributed by atoms with van der Waals surface area (Å²) in [6.07, 6.45) is 5.18. The lowest BCUT2D eigenvalue weighted by Crippen LogP contribution is -2.36. The Morgan fingerprint density at radius 1 is 1.44 bits per heavy atom. The van der Waals surface area contributed by atoms with Gasteiger partial charge in [0.2, 0.25) is 5.91 Å². The number of rotatable bonds is 4. The molecule has 2 fully saturated rings. The fraction of sp³-hybridized carbons (Fsp3) is 0.917. The predicted octanol–water partition coefficient (Wildman–Crippen LogP) is 0.671. The van der Waals surface area contributed by atoms with Gasteiger partial charge >= 0.3 is 0 Å². The summed E-state index contributed by atoms with van der Waals surface area (Å²) >= 11 is 0. The van der Waals surface area contributed by atoms with Gasteiger partial charge in [-0.1, -0.05) is 0 Å². The second-order valence-corrected chi connectivity index (χ2v) is 4.88. The van der Waals surface area contributed by atoms with Gasteiger partial charge in [-0.3, -0.25) is 4.79 Å². The van der Waals surface area contributed by atoms with E-state index in [1.54, 1.807) is 0 Å². The van der Waals surface area contributed by atoms with Gasteiger partial charge in [-0.05, 0) is 44.7 Å². The maximum atomic E-state index is 11.7. The van der Waals surface area contributed by atoms with Crippen molar-refractivity contribution in [1.82, 2.24) is 10.6 Å². The summed E-state index contributed by atoms with van der Waals surface area (Å²) in [4.78, 5) is 11.7. The van der Waals surface area contributed by atoms with Crippen LogP contribution >= 0.6 is 0 Å². The predicted molar refractivity (Wildman–Crippen MR) is 62.2 cm³/mol. The second-order valence-electron chi connectivity index (χ2n) is 4.88. The van der Waals surface area contributed by atoms with Gasteiger partial charge < -0.3 is 15.4 Å². The van der Waals surface area contributed by atoms with Crippen molar-refractivity contribution in [3.8, 4) is 0 Å². The van der Waals surface area contributed by atoms with E-state index in [-0.39, 0.29) is 11.9 Å². The van der Waals surface area contributed by atoms with Crippen LogP contribution in [0.5, 0.6) is 0 Å². The molecule has 0 bridgehead atoms. The fourth-order valence-corrected chi connectivity index (χ4v) is 2.45. The van der Waals surface area contributed by atoms with Gasteiger partial charge in [0.1, 0.15) is 0 Å². The first kappa shape index (κ1) is 11.9. The molecule has 0 aromatic heterocycles. The molecule has 2 aliphatic rings. The summed E-state index contributed by atoms with van der Waals surface area (Å²) in [6.45, 7) is 3.70. The minimum Gasteiger partial charge on any atom is -0.379 e. The van der Waals surface area contributed by atoms with Crippen molar-refractivity contribution in [3.05, 3.63) is 0 Å². The molecular weight excluding hydrogens is 204 g/mol. The molecule has 2 rings (SSSR count). The molecule has 2 unspecified atom stereocenters. The van der Waals surface area contributed by atoms with Crippen LogP contribution in [0, 0.1) is 5.92 Å². The van der Waals surface area contributed by atoms with Crippen molar-refractivity contribution in [2.45, 2.75) is 38.1 Å². The maximum Gasteiger partial charge on any atom is 0.220 e. The van der Waals surface area contributed by atoms with E-state index in [4.69, 9.17) is 4.74 Å². The molecule has 0 aliphatic carbocycles. The third-order valence-electron chi connectivity index (χ3n) is 3.47. The van der Waals surface area contributed by atoms with Gasteiger partial charge in [0, 0.05) is 13.0 Å². The van der Waals surface area contributed by atoms with Gasteiger partial charge in [-0.25, -0.2) is 0 Å². The minimum absolute atomic E-state index is 0.195. The third-order valence-corrected chi connectivity index (χ3v) is 3.47. The summed E-state index contributed by atoms with van der Waals surface area (Å²) in [5.41, 5.74) is 0. The highest BCUT2D eigenvalue weighted by molar-refractivity contribution is 5.76. The number of amides is 1. The highest BCUT2D eigenvalue weighted by atomic mass is 16.5. The Labute approximate surface area is 97.1 Å². The quantitative estimate of drug-likeness (QED) is 0.741. The Morgan fingerprint density at radius 3 is 3.06 bits per heavy atom. The van der Waals surface area contributed by atoms with Crippen LogP contribution in [0.4, 0.5) is 0 Å². The second kappa shape index (κ2) is 6.21. The average molecular weight is 226 g/mol. The molecule has 2 saturated heterocycles. The SMILES string of the molecule is O=C(CCC1CCCNC1)NC1CCOC1. The molecule has 2 heterocycles. The first-order chi connectivity index (χ1) is 7.84. The molecule has 0 radical (unpaired) electrons. The van der Waals surface area contributed by atoms with E-state index in [2.05, 4.69) is 10.6 Å². The molecule has 4 heteroatoms. The minimum atomic E-state index is 0.195. The van der Waals surface area contributed by atoms with E-state index in [1.165, 1.54) is 12.8 Å². The monoisotopic (exact) mass is 226 g/mol. The van der Waals surface area contributed by atoms with Crippen molar-refractivity contribution in [3.63, 3.8) is 0 Å². The smallest absolute Gasteiger partial charge is 0.220 e. The molecule has 2 aliphatic heterocycles. The van der Waals surface area contributed by atoms with Crippen LogP contribution < -0.4 is 10.6 Å². The van der Waals surface area contributed by atoms with E-state index in [0.717, 1.165) is 32.5 Å². The maximum absolute atomic E-state index is 11.7. The Kier molecular flexibility index (Phi) is 4.60. The molecule has 0 aromatic carbocycles. The zero-order valence-corrected chi connectivity index (χ0v) is 9.84. The van der Waals surface area contributed by atoms with E-state index < -0.39 is 0 Å². The molecule has 1 amide bonds. The van der Waals surface area contributed by atoms with Crippen LogP contribution in [0.2, 0.25) is 0 Å². The summed E-state index contributed by atoms with van der Waals surface area (Å²) < 4.78 is 5.23. The van der Waals surface area contributed by atoms with Gasteiger partial charge in [0.25, 0.3) is 0 Å². The number of hydrogen-bond acceptors (Lipinski definition) is 3. The lowest BCUT2D eigenvalue weighted by Gasteiger charge is -2.22. The number of carbonyl (C=O) groups excluding carboxylic acids is 1. The van der Waals surface area contributed by atoms with E-state index in [0.29, 0.717) is 18.9 Å². The summed E-state index contributed by atoms with van der Waals surface area (Å²) in [5, 5.41) is 6.41. The van der Waals surface area contributed by atoms with Crippen LogP contribution in [-0.4, -0.2) is 38.3 Å². The van der Waals surface area contributed by atoms with Gasteiger partial charge in [-0.2, -0.15) is 0 Å². The Morgan fingerprint density at radius 2 is 2.38 bits per heavy atom.